The number of amides is 1. The van der Waals surface area contributed by atoms with Crippen molar-refractivity contribution in [3.8, 4) is 0 Å². The zero-order chi connectivity index (χ0) is 13.7. The number of rotatable bonds is 5. The Morgan fingerprint density at radius 3 is 2.68 bits per heavy atom. The van der Waals surface area contributed by atoms with Gasteiger partial charge in [-0.3, -0.25) is 4.79 Å². The van der Waals surface area contributed by atoms with Crippen molar-refractivity contribution in [3.63, 3.8) is 0 Å². The van der Waals surface area contributed by atoms with E-state index in [1.807, 2.05) is 37.3 Å². The number of anilines is 1. The molecule has 1 aromatic carbocycles. The van der Waals surface area contributed by atoms with Crippen LogP contribution in [0.2, 0.25) is 0 Å². The van der Waals surface area contributed by atoms with Crippen molar-refractivity contribution in [1.82, 2.24) is 0 Å². The van der Waals surface area contributed by atoms with E-state index in [9.17, 15) is 4.79 Å². The fraction of sp³-hybridized carbons (Fsp3) is 0.533. The van der Waals surface area contributed by atoms with Crippen molar-refractivity contribution < 1.29 is 9.53 Å². The number of hydrogen-bond acceptors (Lipinski definition) is 3. The van der Waals surface area contributed by atoms with Crippen LogP contribution in [0.5, 0.6) is 0 Å². The first-order valence-electron chi connectivity index (χ1n) is 6.94. The second-order valence-electron chi connectivity index (χ2n) is 4.98. The molecule has 2 N–H and O–H groups in total. The molecule has 2 unspecified atom stereocenters. The van der Waals surface area contributed by atoms with Gasteiger partial charge >= 0.3 is 0 Å². The molecule has 0 bridgehead atoms. The summed E-state index contributed by atoms with van der Waals surface area (Å²) in [6.07, 6.45) is 2.44. The van der Waals surface area contributed by atoms with E-state index in [0.717, 1.165) is 24.9 Å². The van der Waals surface area contributed by atoms with E-state index in [1.165, 1.54) is 0 Å². The fourth-order valence-corrected chi connectivity index (χ4v) is 2.38. The third-order valence-electron chi connectivity index (χ3n) is 3.43. The molecule has 2 atom stereocenters. The zero-order valence-electron chi connectivity index (χ0n) is 11.4. The minimum Gasteiger partial charge on any atom is -0.365 e. The van der Waals surface area contributed by atoms with Gasteiger partial charge in [0, 0.05) is 12.2 Å². The summed E-state index contributed by atoms with van der Waals surface area (Å²) in [4.78, 5) is 14.4. The summed E-state index contributed by atoms with van der Waals surface area (Å²) in [5.74, 6) is 0.0593. The summed E-state index contributed by atoms with van der Waals surface area (Å²) < 4.78 is 5.68. The van der Waals surface area contributed by atoms with Gasteiger partial charge < -0.3 is 15.4 Å². The maximum atomic E-state index is 12.6. The van der Waals surface area contributed by atoms with Crippen LogP contribution in [0.3, 0.4) is 0 Å². The molecular formula is C15H22N2O2. The number of benzene rings is 1. The monoisotopic (exact) mass is 262 g/mol. The Hall–Kier alpha value is -1.39. The molecule has 4 heteroatoms. The van der Waals surface area contributed by atoms with Crippen LogP contribution in [0.25, 0.3) is 0 Å². The predicted molar refractivity (Wildman–Crippen MR) is 76.0 cm³/mol. The molecule has 2 rings (SSSR count). The molecule has 0 aliphatic carbocycles. The van der Waals surface area contributed by atoms with Crippen molar-refractivity contribution >= 4 is 11.6 Å². The van der Waals surface area contributed by atoms with Gasteiger partial charge in [0.1, 0.15) is 6.10 Å². The lowest BCUT2D eigenvalue weighted by atomic mass is 10.1. The molecule has 0 radical (unpaired) electrons. The summed E-state index contributed by atoms with van der Waals surface area (Å²) in [7, 11) is 0. The number of ether oxygens (including phenoxy) is 1. The number of carbonyl (C=O) groups is 1. The molecule has 1 fully saturated rings. The largest absolute Gasteiger partial charge is 0.365 e. The minimum atomic E-state index is -0.298. The molecule has 4 nitrogen and oxygen atoms in total. The Bertz CT molecular complexity index is 408. The van der Waals surface area contributed by atoms with Gasteiger partial charge in [0.2, 0.25) is 0 Å². The quantitative estimate of drug-likeness (QED) is 0.882. The second-order valence-corrected chi connectivity index (χ2v) is 4.98. The third-order valence-corrected chi connectivity index (χ3v) is 3.43. The van der Waals surface area contributed by atoms with Gasteiger partial charge in [-0.2, -0.15) is 0 Å². The van der Waals surface area contributed by atoms with Crippen molar-refractivity contribution in [3.05, 3.63) is 30.3 Å². The van der Waals surface area contributed by atoms with Crippen molar-refractivity contribution in [2.24, 2.45) is 5.73 Å². The topological polar surface area (TPSA) is 55.6 Å². The molecule has 1 amide bonds. The standard InChI is InChI=1S/C15H22N2O2/c1-12-8-9-14(19-12)15(18)17(11-5-10-16)13-6-3-2-4-7-13/h2-4,6-7,12,14H,5,8-11,16H2,1H3. The molecule has 0 spiro atoms. The maximum Gasteiger partial charge on any atom is 0.256 e. The average molecular weight is 262 g/mol. The van der Waals surface area contributed by atoms with Gasteiger partial charge in [-0.25, -0.2) is 0 Å². The van der Waals surface area contributed by atoms with Gasteiger partial charge in [-0.05, 0) is 44.9 Å². The normalized spacial score (nSPS) is 22.4. The van der Waals surface area contributed by atoms with Crippen molar-refractivity contribution in [2.75, 3.05) is 18.0 Å². The summed E-state index contributed by atoms with van der Waals surface area (Å²) in [5.41, 5.74) is 6.48. The SMILES string of the molecule is CC1CCC(C(=O)N(CCCN)c2ccccc2)O1. The van der Waals surface area contributed by atoms with E-state index in [1.54, 1.807) is 4.90 Å². The van der Waals surface area contributed by atoms with Gasteiger partial charge in [-0.1, -0.05) is 18.2 Å². The van der Waals surface area contributed by atoms with E-state index >= 15 is 0 Å². The van der Waals surface area contributed by atoms with Gasteiger partial charge in [0.15, 0.2) is 0 Å². The molecular weight excluding hydrogens is 240 g/mol. The molecule has 1 aliphatic heterocycles. The Kier molecular flexibility index (Phi) is 4.93. The number of hydrogen-bond donors (Lipinski definition) is 1. The number of para-hydroxylation sites is 1. The summed E-state index contributed by atoms with van der Waals surface area (Å²) in [5, 5.41) is 0. The number of carbonyl (C=O) groups excluding carboxylic acids is 1. The van der Waals surface area contributed by atoms with Crippen LogP contribution in [0, 0.1) is 0 Å². The van der Waals surface area contributed by atoms with E-state index < -0.39 is 0 Å². The average Bonchev–Trinajstić information content (AvgIpc) is 2.87. The van der Waals surface area contributed by atoms with Crippen molar-refractivity contribution in [1.29, 1.82) is 0 Å². The maximum absolute atomic E-state index is 12.6. The summed E-state index contributed by atoms with van der Waals surface area (Å²) in [6.45, 7) is 3.24. The van der Waals surface area contributed by atoms with Crippen LogP contribution in [0.15, 0.2) is 30.3 Å². The predicted octanol–water partition coefficient (Wildman–Crippen LogP) is 1.94. The molecule has 19 heavy (non-hydrogen) atoms. The smallest absolute Gasteiger partial charge is 0.256 e. The van der Waals surface area contributed by atoms with E-state index in [0.29, 0.717) is 13.1 Å². The zero-order valence-corrected chi connectivity index (χ0v) is 11.4. The van der Waals surface area contributed by atoms with E-state index in [4.69, 9.17) is 10.5 Å². The van der Waals surface area contributed by atoms with Crippen LogP contribution in [0.4, 0.5) is 5.69 Å². The molecule has 0 saturated carbocycles. The summed E-state index contributed by atoms with van der Waals surface area (Å²) in [6, 6.07) is 9.73. The molecule has 1 aliphatic rings. The van der Waals surface area contributed by atoms with Gasteiger partial charge in [-0.15, -0.1) is 0 Å². The Balaban J connectivity index is 2.11. The Morgan fingerprint density at radius 1 is 1.37 bits per heavy atom. The molecule has 1 saturated heterocycles. The molecule has 1 heterocycles. The van der Waals surface area contributed by atoms with E-state index in [-0.39, 0.29) is 18.1 Å². The highest BCUT2D eigenvalue weighted by Crippen LogP contribution is 2.23. The van der Waals surface area contributed by atoms with Gasteiger partial charge in [0.05, 0.1) is 6.10 Å². The van der Waals surface area contributed by atoms with Crippen molar-refractivity contribution in [2.45, 2.75) is 38.4 Å². The highest BCUT2D eigenvalue weighted by atomic mass is 16.5. The first-order chi connectivity index (χ1) is 9.22. The molecule has 104 valence electrons. The van der Waals surface area contributed by atoms with Crippen LogP contribution in [-0.2, 0) is 9.53 Å². The third kappa shape index (κ3) is 3.55. The Morgan fingerprint density at radius 2 is 2.11 bits per heavy atom. The lowest BCUT2D eigenvalue weighted by molar-refractivity contribution is -0.129. The first-order valence-corrected chi connectivity index (χ1v) is 6.94. The highest BCUT2D eigenvalue weighted by Gasteiger charge is 2.31. The lowest BCUT2D eigenvalue weighted by Crippen LogP contribution is -2.40. The number of nitrogens with two attached hydrogens (primary N) is 1. The van der Waals surface area contributed by atoms with Crippen LogP contribution in [-0.4, -0.2) is 31.2 Å². The lowest BCUT2D eigenvalue weighted by Gasteiger charge is -2.25. The Labute approximate surface area is 114 Å². The second kappa shape index (κ2) is 6.68. The van der Waals surface area contributed by atoms with Gasteiger partial charge in [0.25, 0.3) is 5.91 Å². The minimum absolute atomic E-state index is 0.0593. The number of nitrogens with zero attached hydrogens (tertiary/aromatic N) is 1. The van der Waals surface area contributed by atoms with E-state index in [2.05, 4.69) is 0 Å². The summed E-state index contributed by atoms with van der Waals surface area (Å²) >= 11 is 0. The fourth-order valence-electron chi connectivity index (χ4n) is 2.38. The first kappa shape index (κ1) is 14.0. The highest BCUT2D eigenvalue weighted by molar-refractivity contribution is 5.96. The van der Waals surface area contributed by atoms with Crippen LogP contribution < -0.4 is 10.6 Å². The molecule has 0 aromatic heterocycles. The molecule has 1 aromatic rings. The van der Waals surface area contributed by atoms with Crippen LogP contribution >= 0.6 is 0 Å². The van der Waals surface area contributed by atoms with Crippen LogP contribution in [0.1, 0.15) is 26.2 Å².